The monoisotopic (exact) mass is 319 g/mol. The topological polar surface area (TPSA) is 70.8 Å². The Morgan fingerprint density at radius 1 is 1.30 bits per heavy atom. The van der Waals surface area contributed by atoms with E-state index in [0.717, 1.165) is 24.0 Å². The van der Waals surface area contributed by atoms with Crippen LogP contribution in [0.2, 0.25) is 0 Å². The zero-order chi connectivity index (χ0) is 16.4. The van der Waals surface area contributed by atoms with Crippen LogP contribution in [0.25, 0.3) is 5.57 Å². The van der Waals surface area contributed by atoms with E-state index < -0.39 is 10.7 Å². The molecule has 2 aliphatic rings. The van der Waals surface area contributed by atoms with Gasteiger partial charge in [-0.1, -0.05) is 6.08 Å². The van der Waals surface area contributed by atoms with Gasteiger partial charge in [-0.3, -0.25) is 10.1 Å². The third kappa shape index (κ3) is 3.38. The molecule has 0 radical (unpaired) electrons. The second-order valence-electron chi connectivity index (χ2n) is 6.15. The molecular weight excluding hydrogens is 298 g/mol. The van der Waals surface area contributed by atoms with Crippen molar-refractivity contribution in [3.8, 4) is 5.75 Å². The van der Waals surface area contributed by atoms with Gasteiger partial charge in [0.2, 0.25) is 0 Å². The lowest BCUT2D eigenvalue weighted by molar-refractivity contribution is -0.386. The van der Waals surface area contributed by atoms with Crippen LogP contribution in [0.3, 0.4) is 0 Å². The predicted molar refractivity (Wildman–Crippen MR) is 85.3 cm³/mol. The van der Waals surface area contributed by atoms with Crippen LogP contribution in [0, 0.1) is 10.1 Å². The van der Waals surface area contributed by atoms with Crippen molar-refractivity contribution in [2.45, 2.75) is 45.0 Å². The van der Waals surface area contributed by atoms with E-state index in [9.17, 15) is 10.1 Å². The molecule has 1 spiro atoms. The van der Waals surface area contributed by atoms with Crippen molar-refractivity contribution in [3.63, 3.8) is 0 Å². The van der Waals surface area contributed by atoms with Crippen molar-refractivity contribution in [1.82, 2.24) is 0 Å². The average Bonchev–Trinajstić information content (AvgIpc) is 2.95. The number of hydrogen-bond acceptors (Lipinski definition) is 5. The summed E-state index contributed by atoms with van der Waals surface area (Å²) >= 11 is 0. The lowest BCUT2D eigenvalue weighted by Crippen LogP contribution is -2.31. The van der Waals surface area contributed by atoms with Crippen LogP contribution in [0.1, 0.15) is 38.7 Å². The van der Waals surface area contributed by atoms with Crippen molar-refractivity contribution in [1.29, 1.82) is 0 Å². The molecule has 1 heterocycles. The van der Waals surface area contributed by atoms with Gasteiger partial charge in [0, 0.05) is 18.9 Å². The number of allylic oxidation sites excluding steroid dienone is 1. The number of ether oxygens (including phenoxy) is 3. The Morgan fingerprint density at radius 2 is 2.04 bits per heavy atom. The standard InChI is InChI=1S/C17H21NO5/c1-12(2)23-16-11-14(3-4-15(16)18(19)20)13-5-7-17(8-6-13)21-9-10-22-17/h3-5,11-12H,6-10H2,1-2H3. The minimum absolute atomic E-state index is 0.00205. The quantitative estimate of drug-likeness (QED) is 0.625. The Labute approximate surface area is 135 Å². The van der Waals surface area contributed by atoms with E-state index in [0.29, 0.717) is 25.4 Å². The highest BCUT2D eigenvalue weighted by molar-refractivity contribution is 5.70. The molecule has 1 aliphatic carbocycles. The van der Waals surface area contributed by atoms with Gasteiger partial charge in [-0.15, -0.1) is 0 Å². The molecule has 23 heavy (non-hydrogen) atoms. The van der Waals surface area contributed by atoms with Crippen LogP contribution < -0.4 is 4.74 Å². The van der Waals surface area contributed by atoms with Crippen LogP contribution in [0.4, 0.5) is 5.69 Å². The lowest BCUT2D eigenvalue weighted by Gasteiger charge is -2.30. The maximum atomic E-state index is 11.1. The number of hydrogen-bond donors (Lipinski definition) is 0. The number of nitro benzene ring substituents is 1. The molecule has 0 atom stereocenters. The first-order chi connectivity index (χ1) is 11.0. The first-order valence-electron chi connectivity index (χ1n) is 7.91. The van der Waals surface area contributed by atoms with E-state index in [4.69, 9.17) is 14.2 Å². The Morgan fingerprint density at radius 3 is 2.61 bits per heavy atom. The highest BCUT2D eigenvalue weighted by Crippen LogP contribution is 2.40. The molecule has 1 aromatic rings. The summed E-state index contributed by atoms with van der Waals surface area (Å²) < 4.78 is 17.0. The van der Waals surface area contributed by atoms with Crippen molar-refractivity contribution >= 4 is 11.3 Å². The summed E-state index contributed by atoms with van der Waals surface area (Å²) in [6.45, 7) is 5.00. The van der Waals surface area contributed by atoms with Crippen molar-refractivity contribution < 1.29 is 19.1 Å². The Hall–Kier alpha value is -1.92. The van der Waals surface area contributed by atoms with Crippen molar-refractivity contribution in [3.05, 3.63) is 40.0 Å². The minimum atomic E-state index is -0.457. The van der Waals surface area contributed by atoms with Gasteiger partial charge in [0.25, 0.3) is 0 Å². The molecule has 124 valence electrons. The molecular formula is C17H21NO5. The SMILES string of the molecule is CC(C)Oc1cc(C2=CCC3(CC2)OCCO3)ccc1[N+](=O)[O-]. The highest BCUT2D eigenvalue weighted by atomic mass is 16.7. The summed E-state index contributed by atoms with van der Waals surface area (Å²) in [5, 5.41) is 11.1. The van der Waals surface area contributed by atoms with E-state index in [1.165, 1.54) is 6.07 Å². The second-order valence-corrected chi connectivity index (χ2v) is 6.15. The Balaban J connectivity index is 1.85. The summed E-state index contributed by atoms with van der Waals surface area (Å²) in [6.07, 6.45) is 4.32. The van der Waals surface area contributed by atoms with Gasteiger partial charge in [-0.25, -0.2) is 0 Å². The maximum absolute atomic E-state index is 11.1. The third-order valence-electron chi connectivity index (χ3n) is 4.14. The van der Waals surface area contributed by atoms with Crippen LogP contribution in [-0.4, -0.2) is 30.0 Å². The Kier molecular flexibility index (Phi) is 4.37. The molecule has 1 fully saturated rings. The fourth-order valence-corrected chi connectivity index (χ4v) is 3.04. The largest absolute Gasteiger partial charge is 0.484 e. The molecule has 3 rings (SSSR count). The zero-order valence-electron chi connectivity index (χ0n) is 13.4. The van der Waals surface area contributed by atoms with Gasteiger partial charge >= 0.3 is 5.69 Å². The molecule has 0 N–H and O–H groups in total. The molecule has 1 saturated heterocycles. The Bertz CT molecular complexity index is 632. The molecule has 1 aliphatic heterocycles. The van der Waals surface area contributed by atoms with Crippen molar-refractivity contribution in [2.75, 3.05) is 13.2 Å². The van der Waals surface area contributed by atoms with Gasteiger partial charge in [-0.05, 0) is 43.5 Å². The first-order valence-corrected chi connectivity index (χ1v) is 7.91. The average molecular weight is 319 g/mol. The fourth-order valence-electron chi connectivity index (χ4n) is 3.04. The summed E-state index contributed by atoms with van der Waals surface area (Å²) in [6, 6.07) is 5.06. The van der Waals surface area contributed by atoms with E-state index in [2.05, 4.69) is 6.08 Å². The number of benzene rings is 1. The van der Waals surface area contributed by atoms with E-state index >= 15 is 0 Å². The van der Waals surface area contributed by atoms with Crippen LogP contribution in [0.5, 0.6) is 5.75 Å². The zero-order valence-corrected chi connectivity index (χ0v) is 13.4. The fraction of sp³-hybridized carbons (Fsp3) is 0.529. The molecule has 0 aromatic heterocycles. The van der Waals surface area contributed by atoms with Crippen LogP contribution >= 0.6 is 0 Å². The number of nitro groups is 1. The van der Waals surface area contributed by atoms with E-state index in [1.54, 1.807) is 12.1 Å². The molecule has 0 amide bonds. The van der Waals surface area contributed by atoms with Gasteiger partial charge < -0.3 is 14.2 Å². The molecule has 0 unspecified atom stereocenters. The van der Waals surface area contributed by atoms with Gasteiger partial charge in [0.05, 0.1) is 24.2 Å². The normalized spacial score (nSPS) is 19.9. The number of rotatable bonds is 4. The maximum Gasteiger partial charge on any atom is 0.310 e. The van der Waals surface area contributed by atoms with Crippen LogP contribution in [0.15, 0.2) is 24.3 Å². The summed E-state index contributed by atoms with van der Waals surface area (Å²) in [5.41, 5.74) is 2.11. The second kappa shape index (κ2) is 6.29. The summed E-state index contributed by atoms with van der Waals surface area (Å²) in [4.78, 5) is 10.7. The lowest BCUT2D eigenvalue weighted by atomic mass is 9.89. The van der Waals surface area contributed by atoms with E-state index in [-0.39, 0.29) is 11.8 Å². The molecule has 0 bridgehead atoms. The van der Waals surface area contributed by atoms with E-state index in [1.807, 2.05) is 13.8 Å². The predicted octanol–water partition coefficient (Wildman–Crippen LogP) is 3.69. The van der Waals surface area contributed by atoms with Crippen molar-refractivity contribution in [2.24, 2.45) is 0 Å². The van der Waals surface area contributed by atoms with Gasteiger partial charge in [-0.2, -0.15) is 0 Å². The first kappa shape index (κ1) is 16.0. The highest BCUT2D eigenvalue weighted by Gasteiger charge is 2.37. The summed E-state index contributed by atoms with van der Waals surface area (Å²) in [7, 11) is 0. The molecule has 1 aromatic carbocycles. The molecule has 6 heteroatoms. The smallest absolute Gasteiger partial charge is 0.310 e. The number of nitrogens with zero attached hydrogens (tertiary/aromatic N) is 1. The third-order valence-corrected chi connectivity index (χ3v) is 4.14. The molecule has 0 saturated carbocycles. The summed E-state index contributed by atoms with van der Waals surface area (Å²) in [5.74, 6) is -0.140. The van der Waals surface area contributed by atoms with Crippen LogP contribution in [-0.2, 0) is 9.47 Å². The van der Waals surface area contributed by atoms with Gasteiger partial charge in [0.1, 0.15) is 0 Å². The van der Waals surface area contributed by atoms with Gasteiger partial charge in [0.15, 0.2) is 11.5 Å². The molecule has 6 nitrogen and oxygen atoms in total. The minimum Gasteiger partial charge on any atom is -0.484 e.